The number of urea groups is 1. The highest BCUT2D eigenvalue weighted by atomic mass is 79.9. The van der Waals surface area contributed by atoms with Crippen LogP contribution in [0.5, 0.6) is 5.75 Å². The Hall–Kier alpha value is -2.01. The molecule has 4 nitrogen and oxygen atoms in total. The summed E-state index contributed by atoms with van der Waals surface area (Å²) in [4.78, 5) is 11.7. The zero-order chi connectivity index (χ0) is 15.8. The Morgan fingerprint density at radius 2 is 1.86 bits per heavy atom. The lowest BCUT2D eigenvalue weighted by atomic mass is 10.1. The van der Waals surface area contributed by atoms with Crippen LogP contribution in [0.25, 0.3) is 0 Å². The molecule has 2 aromatic carbocycles. The number of rotatable bonds is 6. The normalized spacial score (nSPS) is 10.1. The predicted molar refractivity (Wildman–Crippen MR) is 91.1 cm³/mol. The quantitative estimate of drug-likeness (QED) is 0.826. The summed E-state index contributed by atoms with van der Waals surface area (Å²) < 4.78 is 6.20. The van der Waals surface area contributed by atoms with Crippen molar-refractivity contribution in [3.63, 3.8) is 0 Å². The van der Waals surface area contributed by atoms with Crippen molar-refractivity contribution in [2.45, 2.75) is 13.0 Å². The number of hydrogen-bond acceptors (Lipinski definition) is 2. The lowest BCUT2D eigenvalue weighted by molar-refractivity contribution is 0.240. The van der Waals surface area contributed by atoms with Crippen molar-refractivity contribution >= 4 is 22.0 Å². The Morgan fingerprint density at radius 3 is 2.59 bits per heavy atom. The van der Waals surface area contributed by atoms with Crippen molar-refractivity contribution in [2.24, 2.45) is 0 Å². The molecule has 0 spiro atoms. The molecule has 2 rings (SSSR count). The summed E-state index contributed by atoms with van der Waals surface area (Å²) in [5.74, 6) is 0.831. The van der Waals surface area contributed by atoms with Crippen LogP contribution in [-0.4, -0.2) is 19.7 Å². The van der Waals surface area contributed by atoms with Gasteiger partial charge in [0, 0.05) is 17.6 Å². The van der Waals surface area contributed by atoms with Crippen LogP contribution in [0.4, 0.5) is 4.79 Å². The van der Waals surface area contributed by atoms with Gasteiger partial charge in [0.1, 0.15) is 5.75 Å². The standard InChI is InChI=1S/C17H19BrN2O2/c1-22-16-4-2-3-13(11-16)9-10-19-17(21)20-12-14-5-7-15(18)8-6-14/h2-8,11H,9-10,12H2,1H3,(H2,19,20,21). The molecule has 2 amide bonds. The van der Waals surface area contributed by atoms with Gasteiger partial charge in [0.15, 0.2) is 0 Å². The average Bonchev–Trinajstić information content (AvgIpc) is 2.54. The predicted octanol–water partition coefficient (Wildman–Crippen LogP) is 3.50. The number of hydrogen-bond donors (Lipinski definition) is 2. The molecule has 22 heavy (non-hydrogen) atoms. The molecule has 0 atom stereocenters. The van der Waals surface area contributed by atoms with Crippen molar-refractivity contribution in [3.05, 3.63) is 64.1 Å². The largest absolute Gasteiger partial charge is 0.497 e. The van der Waals surface area contributed by atoms with E-state index >= 15 is 0 Å². The number of halogens is 1. The monoisotopic (exact) mass is 362 g/mol. The molecule has 0 saturated heterocycles. The molecule has 0 saturated carbocycles. The Morgan fingerprint density at radius 1 is 1.09 bits per heavy atom. The zero-order valence-electron chi connectivity index (χ0n) is 12.4. The van der Waals surface area contributed by atoms with E-state index in [0.29, 0.717) is 13.1 Å². The highest BCUT2D eigenvalue weighted by Gasteiger charge is 2.01. The van der Waals surface area contributed by atoms with Gasteiger partial charge in [-0.15, -0.1) is 0 Å². The Labute approximate surface area is 139 Å². The summed E-state index contributed by atoms with van der Waals surface area (Å²) in [6.07, 6.45) is 0.767. The maximum Gasteiger partial charge on any atom is 0.315 e. The number of methoxy groups -OCH3 is 1. The second-order valence-corrected chi connectivity index (χ2v) is 5.75. The molecule has 0 unspecified atom stereocenters. The molecule has 0 fully saturated rings. The van der Waals surface area contributed by atoms with E-state index in [2.05, 4.69) is 26.6 Å². The molecule has 0 aliphatic heterocycles. The van der Waals surface area contributed by atoms with Crippen LogP contribution in [0.15, 0.2) is 53.0 Å². The highest BCUT2D eigenvalue weighted by Crippen LogP contribution is 2.12. The zero-order valence-corrected chi connectivity index (χ0v) is 14.0. The molecule has 0 aromatic heterocycles. The fourth-order valence-corrected chi connectivity index (χ4v) is 2.26. The van der Waals surface area contributed by atoms with E-state index in [9.17, 15) is 4.79 Å². The number of benzene rings is 2. The van der Waals surface area contributed by atoms with Gasteiger partial charge in [-0.1, -0.05) is 40.2 Å². The second kappa shape index (κ2) is 8.44. The van der Waals surface area contributed by atoms with E-state index in [4.69, 9.17) is 4.74 Å². The first-order chi connectivity index (χ1) is 10.7. The first kappa shape index (κ1) is 16.4. The maximum atomic E-state index is 11.7. The Balaban J connectivity index is 1.70. The highest BCUT2D eigenvalue weighted by molar-refractivity contribution is 9.10. The smallest absolute Gasteiger partial charge is 0.315 e. The molecule has 0 aliphatic rings. The van der Waals surface area contributed by atoms with E-state index in [1.54, 1.807) is 7.11 Å². The fourth-order valence-electron chi connectivity index (χ4n) is 2.00. The van der Waals surface area contributed by atoms with Gasteiger partial charge in [-0.2, -0.15) is 0 Å². The van der Waals surface area contributed by atoms with Crippen molar-refractivity contribution in [2.75, 3.05) is 13.7 Å². The van der Waals surface area contributed by atoms with Gasteiger partial charge in [-0.05, 0) is 41.8 Å². The molecule has 2 aromatic rings. The average molecular weight is 363 g/mol. The third-order valence-corrected chi connectivity index (χ3v) is 3.73. The summed E-state index contributed by atoms with van der Waals surface area (Å²) in [6.45, 7) is 1.09. The first-order valence-electron chi connectivity index (χ1n) is 7.06. The summed E-state index contributed by atoms with van der Waals surface area (Å²) in [6, 6.07) is 15.5. The fraction of sp³-hybridized carbons (Fsp3) is 0.235. The van der Waals surface area contributed by atoms with Gasteiger partial charge < -0.3 is 15.4 Å². The Bertz CT molecular complexity index is 614. The van der Waals surface area contributed by atoms with Crippen molar-refractivity contribution in [3.8, 4) is 5.75 Å². The van der Waals surface area contributed by atoms with Crippen LogP contribution in [0.3, 0.4) is 0 Å². The van der Waals surface area contributed by atoms with Crippen LogP contribution in [0, 0.1) is 0 Å². The number of carbonyl (C=O) groups is 1. The van der Waals surface area contributed by atoms with E-state index in [1.807, 2.05) is 48.5 Å². The van der Waals surface area contributed by atoms with Crippen molar-refractivity contribution in [1.29, 1.82) is 0 Å². The lowest BCUT2D eigenvalue weighted by Crippen LogP contribution is -2.36. The van der Waals surface area contributed by atoms with Crippen LogP contribution in [0.1, 0.15) is 11.1 Å². The summed E-state index contributed by atoms with van der Waals surface area (Å²) >= 11 is 3.38. The number of carbonyl (C=O) groups excluding carboxylic acids is 1. The van der Waals surface area contributed by atoms with Gasteiger partial charge in [-0.3, -0.25) is 0 Å². The van der Waals surface area contributed by atoms with Crippen LogP contribution in [-0.2, 0) is 13.0 Å². The van der Waals surface area contributed by atoms with Crippen molar-refractivity contribution in [1.82, 2.24) is 10.6 Å². The van der Waals surface area contributed by atoms with Crippen LogP contribution >= 0.6 is 15.9 Å². The first-order valence-corrected chi connectivity index (χ1v) is 7.86. The maximum absolute atomic E-state index is 11.7. The van der Waals surface area contributed by atoms with Gasteiger partial charge in [0.25, 0.3) is 0 Å². The molecule has 0 bridgehead atoms. The van der Waals surface area contributed by atoms with Gasteiger partial charge >= 0.3 is 6.03 Å². The van der Waals surface area contributed by atoms with E-state index in [-0.39, 0.29) is 6.03 Å². The number of ether oxygens (including phenoxy) is 1. The van der Waals surface area contributed by atoms with Gasteiger partial charge in [0.05, 0.1) is 7.11 Å². The van der Waals surface area contributed by atoms with Gasteiger partial charge in [-0.25, -0.2) is 4.79 Å². The molecule has 0 heterocycles. The molecular formula is C17H19BrN2O2. The van der Waals surface area contributed by atoms with E-state index in [0.717, 1.165) is 27.8 Å². The molecule has 0 radical (unpaired) electrons. The van der Waals surface area contributed by atoms with Crippen molar-refractivity contribution < 1.29 is 9.53 Å². The molecule has 5 heteroatoms. The van der Waals surface area contributed by atoms with Crippen LogP contribution < -0.4 is 15.4 Å². The summed E-state index contributed by atoms with van der Waals surface area (Å²) in [7, 11) is 1.65. The lowest BCUT2D eigenvalue weighted by Gasteiger charge is -2.08. The molecule has 116 valence electrons. The van der Waals surface area contributed by atoms with E-state index in [1.165, 1.54) is 0 Å². The summed E-state index contributed by atoms with van der Waals surface area (Å²) in [5, 5.41) is 5.69. The number of amides is 2. The molecule has 2 N–H and O–H groups in total. The number of nitrogens with one attached hydrogen (secondary N) is 2. The SMILES string of the molecule is COc1cccc(CCNC(=O)NCc2ccc(Br)cc2)c1. The minimum absolute atomic E-state index is 0.161. The minimum Gasteiger partial charge on any atom is -0.497 e. The molecule has 0 aliphatic carbocycles. The van der Waals surface area contributed by atoms with Gasteiger partial charge in [0.2, 0.25) is 0 Å². The summed E-state index contributed by atoms with van der Waals surface area (Å²) in [5.41, 5.74) is 2.19. The van der Waals surface area contributed by atoms with Crippen LogP contribution in [0.2, 0.25) is 0 Å². The second-order valence-electron chi connectivity index (χ2n) is 4.84. The third-order valence-electron chi connectivity index (χ3n) is 3.20. The topological polar surface area (TPSA) is 50.4 Å². The molecular weight excluding hydrogens is 344 g/mol. The third kappa shape index (κ3) is 5.41. The Kier molecular flexibility index (Phi) is 6.27. The minimum atomic E-state index is -0.161. The van der Waals surface area contributed by atoms with E-state index < -0.39 is 0 Å².